The van der Waals surface area contributed by atoms with Gasteiger partial charge < -0.3 is 85.3 Å². The molecule has 1 rings (SSSR count). The highest BCUT2D eigenvalue weighted by Crippen LogP contribution is 2.29. The fourth-order valence-electron chi connectivity index (χ4n) is 6.01. The van der Waals surface area contributed by atoms with Gasteiger partial charge in [-0.25, -0.2) is 4.98 Å². The Bertz CT molecular complexity index is 1140. The van der Waals surface area contributed by atoms with Crippen LogP contribution in [0.25, 0.3) is 0 Å². The van der Waals surface area contributed by atoms with Crippen LogP contribution < -0.4 is 66.3 Å². The van der Waals surface area contributed by atoms with Crippen molar-refractivity contribution >= 4 is 121 Å². The van der Waals surface area contributed by atoms with Crippen molar-refractivity contribution in [2.45, 2.75) is 69.2 Å². The summed E-state index contributed by atoms with van der Waals surface area (Å²) in [6, 6.07) is 5.97. The van der Waals surface area contributed by atoms with Crippen molar-refractivity contribution in [2.24, 2.45) is 39.8 Å². The average Bonchev–Trinajstić information content (AvgIpc) is 3.48. The van der Waals surface area contributed by atoms with Crippen LogP contribution >= 0.6 is 121 Å². The van der Waals surface area contributed by atoms with Gasteiger partial charge in [0.15, 0.2) is 0 Å². The van der Waals surface area contributed by atoms with Gasteiger partial charge >= 0.3 is 0 Å². The molecule has 1 aromatic heterocycles. The van der Waals surface area contributed by atoms with Crippen molar-refractivity contribution in [2.75, 3.05) is 228 Å². The van der Waals surface area contributed by atoms with E-state index < -0.39 is 0 Å². The molecule has 17 nitrogen and oxygen atoms in total. The lowest BCUT2D eigenvalue weighted by molar-refractivity contribution is -0.106. The van der Waals surface area contributed by atoms with E-state index in [0.717, 1.165) is 271 Å². The molecule has 28 heteroatoms. The molecule has 0 aromatic carbocycles. The summed E-state index contributed by atoms with van der Waals surface area (Å²) in [6.45, 7) is 21.9. The summed E-state index contributed by atoms with van der Waals surface area (Å²) < 4.78 is 25.6. The van der Waals surface area contributed by atoms with Crippen molar-refractivity contribution in [1.82, 2.24) is 36.9 Å². The molecule has 0 aliphatic rings. The van der Waals surface area contributed by atoms with Crippen LogP contribution in [0.3, 0.4) is 0 Å². The molecule has 0 amide bonds. The zero-order chi connectivity index (χ0) is 58.3. The predicted molar refractivity (Wildman–Crippen MR) is 379 cm³/mol. The SMILES string of the molecule is NCCCNCCS.NCCCNCCSSCCCOCC(COCCCSSCCNCCCN)(COCCCSSCCNCCCN)COCCCSSCCNCCCN.NCCCNCCSSc1ccccn1. The zero-order valence-corrected chi connectivity index (χ0v) is 58.0. The first-order valence-corrected chi connectivity index (χ1v) is 42.0. The van der Waals surface area contributed by atoms with E-state index in [1.807, 2.05) is 122 Å². The average molecular weight is 1340 g/mol. The molecule has 0 radical (unpaired) electrons. The standard InChI is InChI=1S/C37H84N8O4S8.C10H17N3S2.C5H14N2S/c38-9-1-13-42-17-29-54-50-25-5-21-46-33-37(34-47-22-6-26-51-55-30-18-43-14-2-10-39,35-48-23-7-27-52-56-31-19-44-15-3-11-40)36-49-24-8-28-53-57-32-20-45-16-4-12-41;11-5-3-6-12-8-9-14-15-10-4-1-2-7-13-10;6-2-1-3-7-4-5-8/h42-45H,1-36,38-41H2;1-2,4,7,12H,3,5-6,8-9,11H2;7-8H,1-6H2. The van der Waals surface area contributed by atoms with Crippen molar-refractivity contribution < 1.29 is 18.9 Å². The summed E-state index contributed by atoms with van der Waals surface area (Å²) in [4.78, 5) is 4.23. The Morgan fingerprint density at radius 3 is 0.925 bits per heavy atom. The molecule has 0 fully saturated rings. The minimum atomic E-state index is -0.345. The van der Waals surface area contributed by atoms with E-state index in [1.54, 1.807) is 10.8 Å². The lowest BCUT2D eigenvalue weighted by Gasteiger charge is -2.33. The third-order valence-electron chi connectivity index (χ3n) is 10.3. The summed E-state index contributed by atoms with van der Waals surface area (Å²) in [6.07, 6.45) is 12.1. The van der Waals surface area contributed by atoms with E-state index in [4.69, 9.17) is 53.3 Å². The van der Waals surface area contributed by atoms with E-state index in [9.17, 15) is 0 Å². The molecule has 0 atom stereocenters. The molecule has 0 bridgehead atoms. The Kier molecular flexibility index (Phi) is 81.7. The summed E-state index contributed by atoms with van der Waals surface area (Å²) in [5.74, 6) is 10.7. The van der Waals surface area contributed by atoms with E-state index in [2.05, 4.69) is 49.5 Å². The quantitative estimate of drug-likeness (QED) is 0.0188. The number of hydrogen-bond donors (Lipinski definition) is 13. The summed E-state index contributed by atoms with van der Waals surface area (Å²) >= 11 is 4.03. The number of rotatable bonds is 65. The number of ether oxygens (including phenoxy) is 4. The maximum atomic E-state index is 6.40. The number of pyridine rings is 1. The Balaban J connectivity index is 0. The van der Waals surface area contributed by atoms with Crippen molar-refractivity contribution in [3.05, 3.63) is 24.4 Å². The maximum absolute atomic E-state index is 6.40. The van der Waals surface area contributed by atoms with Crippen LogP contribution in [0.1, 0.15) is 64.2 Å². The highest BCUT2D eigenvalue weighted by Gasteiger charge is 2.32. The van der Waals surface area contributed by atoms with Crippen molar-refractivity contribution in [1.29, 1.82) is 0 Å². The molecule has 0 aliphatic carbocycles. The number of thiol groups is 1. The molecular formula is C52H115N13O4S11. The van der Waals surface area contributed by atoms with Gasteiger partial charge in [-0.2, -0.15) is 12.6 Å². The van der Waals surface area contributed by atoms with Crippen LogP contribution in [0.15, 0.2) is 29.4 Å². The summed E-state index contributed by atoms with van der Waals surface area (Å²) in [5.41, 5.74) is 32.6. The fourth-order valence-corrected chi connectivity index (χ4v) is 16.0. The zero-order valence-electron chi connectivity index (χ0n) is 48.9. The van der Waals surface area contributed by atoms with Gasteiger partial charge in [0.2, 0.25) is 0 Å². The van der Waals surface area contributed by atoms with Gasteiger partial charge in [-0.05, 0) is 166 Å². The Morgan fingerprint density at radius 1 is 0.362 bits per heavy atom. The normalized spacial score (nSPS) is 11.5. The Hall–Kier alpha value is 2.36. The minimum Gasteiger partial charge on any atom is -0.381 e. The van der Waals surface area contributed by atoms with Crippen molar-refractivity contribution in [3.63, 3.8) is 0 Å². The predicted octanol–water partition coefficient (Wildman–Crippen LogP) is 6.49. The second kappa shape index (κ2) is 77.5. The van der Waals surface area contributed by atoms with E-state index >= 15 is 0 Å². The lowest BCUT2D eigenvalue weighted by Crippen LogP contribution is -2.42. The van der Waals surface area contributed by atoms with E-state index in [0.29, 0.717) is 26.4 Å². The number of nitrogens with one attached hydrogen (secondary N) is 6. The maximum Gasteiger partial charge on any atom is 0.106 e. The van der Waals surface area contributed by atoms with E-state index in [-0.39, 0.29) is 5.41 Å². The summed E-state index contributed by atoms with van der Waals surface area (Å²) in [5, 5.41) is 21.4. The topological polar surface area (TPSA) is 278 Å². The molecule has 0 saturated heterocycles. The van der Waals surface area contributed by atoms with Gasteiger partial charge in [0.25, 0.3) is 0 Å². The van der Waals surface area contributed by atoms with Gasteiger partial charge in [0, 0.05) is 129 Å². The molecule has 1 heterocycles. The first kappa shape index (κ1) is 84.4. The van der Waals surface area contributed by atoms with Crippen LogP contribution in [-0.4, -0.2) is 233 Å². The van der Waals surface area contributed by atoms with Crippen LogP contribution in [0.4, 0.5) is 0 Å². The van der Waals surface area contributed by atoms with Crippen LogP contribution in [0.5, 0.6) is 0 Å². The van der Waals surface area contributed by atoms with Crippen LogP contribution in [0.2, 0.25) is 0 Å². The Morgan fingerprint density at radius 2 is 0.650 bits per heavy atom. The number of nitrogens with zero attached hydrogens (tertiary/aromatic N) is 1. The monoisotopic (exact) mass is 1340 g/mol. The molecule has 0 saturated carbocycles. The molecule has 0 aliphatic heterocycles. The number of aromatic nitrogens is 1. The number of hydrogen-bond acceptors (Lipinski definition) is 28. The molecule has 80 heavy (non-hydrogen) atoms. The highest BCUT2D eigenvalue weighted by molar-refractivity contribution is 8.77. The smallest absolute Gasteiger partial charge is 0.106 e. The lowest BCUT2D eigenvalue weighted by atomic mass is 9.92. The first-order chi connectivity index (χ1) is 39.6. The largest absolute Gasteiger partial charge is 0.381 e. The van der Waals surface area contributed by atoms with Gasteiger partial charge in [0.1, 0.15) is 5.03 Å². The molecular weight excluding hydrogens is 1220 g/mol. The van der Waals surface area contributed by atoms with Gasteiger partial charge in [-0.3, -0.25) is 0 Å². The van der Waals surface area contributed by atoms with Gasteiger partial charge in [0.05, 0.1) is 31.8 Å². The highest BCUT2D eigenvalue weighted by atomic mass is 33.1. The van der Waals surface area contributed by atoms with Crippen LogP contribution in [0, 0.1) is 5.41 Å². The van der Waals surface area contributed by atoms with E-state index in [1.165, 1.54) is 0 Å². The molecule has 478 valence electrons. The molecule has 1 aromatic rings. The molecule has 18 N–H and O–H groups in total. The first-order valence-electron chi connectivity index (χ1n) is 29.1. The van der Waals surface area contributed by atoms with Crippen molar-refractivity contribution in [3.8, 4) is 0 Å². The second-order valence-electron chi connectivity index (χ2n) is 17.9. The molecule has 0 spiro atoms. The van der Waals surface area contributed by atoms with Gasteiger partial charge in [-0.1, -0.05) is 103 Å². The van der Waals surface area contributed by atoms with Gasteiger partial charge in [-0.15, -0.1) is 0 Å². The second-order valence-corrected chi connectivity index (χ2v) is 31.5. The minimum absolute atomic E-state index is 0.345. The Labute approximate surface area is 533 Å². The fraction of sp³-hybridized carbons (Fsp3) is 0.904. The summed E-state index contributed by atoms with van der Waals surface area (Å²) in [7, 11) is 19.0. The molecule has 0 unspecified atom stereocenters. The third-order valence-corrected chi connectivity index (χ3v) is 22.7. The third kappa shape index (κ3) is 71.1. The van der Waals surface area contributed by atoms with Crippen LogP contribution in [-0.2, 0) is 18.9 Å². The number of nitrogens with two attached hydrogens (primary N) is 6.